The van der Waals surface area contributed by atoms with E-state index >= 15 is 0 Å². The summed E-state index contributed by atoms with van der Waals surface area (Å²) in [6.45, 7) is 2.82. The number of ether oxygens (including phenoxy) is 3. The van der Waals surface area contributed by atoms with Gasteiger partial charge in [0.1, 0.15) is 0 Å². The van der Waals surface area contributed by atoms with Gasteiger partial charge in [-0.25, -0.2) is 4.79 Å². The summed E-state index contributed by atoms with van der Waals surface area (Å²) in [6.07, 6.45) is 0.462. The summed E-state index contributed by atoms with van der Waals surface area (Å²) in [5, 5.41) is 0. The molecule has 1 fully saturated rings. The Morgan fingerprint density at radius 1 is 1.36 bits per heavy atom. The molecule has 5 nitrogen and oxygen atoms in total. The van der Waals surface area contributed by atoms with Gasteiger partial charge in [-0.2, -0.15) is 0 Å². The molecule has 0 N–H and O–H groups in total. The van der Waals surface area contributed by atoms with E-state index in [0.717, 1.165) is 0 Å². The Morgan fingerprint density at radius 2 is 1.93 bits per heavy atom. The van der Waals surface area contributed by atoms with Gasteiger partial charge in [0.2, 0.25) is 5.78 Å². The van der Waals surface area contributed by atoms with E-state index in [1.165, 1.54) is 7.11 Å². The molecular formula is C9H14O5. The first-order valence-electron chi connectivity index (χ1n) is 4.46. The molecule has 0 spiro atoms. The third kappa shape index (κ3) is 2.78. The molecule has 5 heteroatoms. The Bertz CT molecular complexity index is 229. The SMILES string of the molecule is COC(=O)C(=O)CCC1(C)OCCO1. The minimum absolute atomic E-state index is 0.0865. The van der Waals surface area contributed by atoms with E-state index in [1.807, 2.05) is 0 Å². The largest absolute Gasteiger partial charge is 0.463 e. The molecule has 0 unspecified atom stereocenters. The van der Waals surface area contributed by atoms with E-state index in [4.69, 9.17) is 9.47 Å². The molecule has 1 saturated heterocycles. The van der Waals surface area contributed by atoms with Gasteiger partial charge in [0, 0.05) is 12.8 Å². The zero-order valence-electron chi connectivity index (χ0n) is 8.37. The number of methoxy groups -OCH3 is 1. The predicted molar refractivity (Wildman–Crippen MR) is 46.6 cm³/mol. The first-order valence-corrected chi connectivity index (χ1v) is 4.46. The molecule has 0 amide bonds. The maximum atomic E-state index is 11.1. The summed E-state index contributed by atoms with van der Waals surface area (Å²) in [4.78, 5) is 21.9. The summed E-state index contributed by atoms with van der Waals surface area (Å²) in [7, 11) is 1.19. The van der Waals surface area contributed by atoms with Gasteiger partial charge in [-0.3, -0.25) is 4.79 Å². The highest BCUT2D eigenvalue weighted by molar-refractivity contribution is 6.33. The van der Waals surface area contributed by atoms with Crippen molar-refractivity contribution >= 4 is 11.8 Å². The van der Waals surface area contributed by atoms with Crippen LogP contribution in [0.5, 0.6) is 0 Å². The fraction of sp³-hybridized carbons (Fsp3) is 0.778. The molecule has 1 aliphatic heterocycles. The van der Waals surface area contributed by atoms with Crippen LogP contribution in [0.1, 0.15) is 19.8 Å². The number of hydrogen-bond acceptors (Lipinski definition) is 5. The van der Waals surface area contributed by atoms with Crippen LogP contribution in [-0.2, 0) is 23.8 Å². The highest BCUT2D eigenvalue weighted by atomic mass is 16.7. The van der Waals surface area contributed by atoms with Crippen LogP contribution in [0.15, 0.2) is 0 Å². The van der Waals surface area contributed by atoms with Gasteiger partial charge in [0.25, 0.3) is 0 Å². The topological polar surface area (TPSA) is 61.8 Å². The lowest BCUT2D eigenvalue weighted by Crippen LogP contribution is -2.28. The van der Waals surface area contributed by atoms with E-state index in [2.05, 4.69) is 4.74 Å². The van der Waals surface area contributed by atoms with E-state index in [0.29, 0.717) is 19.6 Å². The van der Waals surface area contributed by atoms with Crippen molar-refractivity contribution in [3.8, 4) is 0 Å². The minimum Gasteiger partial charge on any atom is -0.463 e. The third-order valence-corrected chi connectivity index (χ3v) is 2.12. The van der Waals surface area contributed by atoms with Gasteiger partial charge in [-0.05, 0) is 6.92 Å². The van der Waals surface area contributed by atoms with Crippen LogP contribution >= 0.6 is 0 Å². The predicted octanol–water partition coefficient (Wildman–Crippen LogP) is 0.272. The average molecular weight is 202 g/mol. The Labute approximate surface area is 82.3 Å². The normalized spacial score (nSPS) is 19.3. The highest BCUT2D eigenvalue weighted by Gasteiger charge is 2.32. The van der Waals surface area contributed by atoms with Crippen LogP contribution in [0.4, 0.5) is 0 Å². The Morgan fingerprint density at radius 3 is 2.43 bits per heavy atom. The molecule has 80 valence electrons. The van der Waals surface area contributed by atoms with Crippen LogP contribution in [0.2, 0.25) is 0 Å². The van der Waals surface area contributed by atoms with Crippen LogP contribution in [0, 0.1) is 0 Å². The third-order valence-electron chi connectivity index (χ3n) is 2.12. The van der Waals surface area contributed by atoms with Crippen molar-refractivity contribution in [3.63, 3.8) is 0 Å². The minimum atomic E-state index is -0.813. The smallest absolute Gasteiger partial charge is 0.374 e. The molecule has 0 aromatic carbocycles. The van der Waals surface area contributed by atoms with E-state index < -0.39 is 17.5 Å². The second-order valence-corrected chi connectivity index (χ2v) is 3.25. The van der Waals surface area contributed by atoms with Gasteiger partial charge in [0.15, 0.2) is 5.79 Å². The maximum Gasteiger partial charge on any atom is 0.374 e. The molecule has 0 saturated carbocycles. The average Bonchev–Trinajstić information content (AvgIpc) is 2.61. The second-order valence-electron chi connectivity index (χ2n) is 3.25. The van der Waals surface area contributed by atoms with E-state index in [1.54, 1.807) is 6.92 Å². The number of Topliss-reactive ketones (excluding diaryl/α,β-unsaturated/α-hetero) is 1. The monoisotopic (exact) mass is 202 g/mol. The molecule has 0 bridgehead atoms. The Balaban J connectivity index is 2.32. The number of rotatable bonds is 4. The summed E-state index contributed by atoms with van der Waals surface area (Å²) >= 11 is 0. The summed E-state index contributed by atoms with van der Waals surface area (Å²) in [5.74, 6) is -2.08. The lowest BCUT2D eigenvalue weighted by molar-refractivity contribution is -0.159. The van der Waals surface area contributed by atoms with Crippen molar-refractivity contribution in [2.75, 3.05) is 20.3 Å². The van der Waals surface area contributed by atoms with Gasteiger partial charge < -0.3 is 14.2 Å². The fourth-order valence-corrected chi connectivity index (χ4v) is 1.26. The van der Waals surface area contributed by atoms with Gasteiger partial charge >= 0.3 is 5.97 Å². The second kappa shape index (κ2) is 4.52. The van der Waals surface area contributed by atoms with Crippen molar-refractivity contribution < 1.29 is 23.8 Å². The van der Waals surface area contributed by atoms with Gasteiger partial charge in [-0.15, -0.1) is 0 Å². The summed E-state index contributed by atoms with van der Waals surface area (Å²) in [5.41, 5.74) is 0. The van der Waals surface area contributed by atoms with Gasteiger partial charge in [0.05, 0.1) is 20.3 Å². The molecule has 1 rings (SSSR count). The van der Waals surface area contributed by atoms with Crippen LogP contribution < -0.4 is 0 Å². The fourth-order valence-electron chi connectivity index (χ4n) is 1.26. The molecule has 0 radical (unpaired) electrons. The summed E-state index contributed by atoms with van der Waals surface area (Å²) in [6, 6.07) is 0. The summed E-state index contributed by atoms with van der Waals surface area (Å²) < 4.78 is 14.8. The highest BCUT2D eigenvalue weighted by Crippen LogP contribution is 2.23. The molecule has 0 aromatic heterocycles. The van der Waals surface area contributed by atoms with E-state index in [9.17, 15) is 9.59 Å². The number of hydrogen-bond donors (Lipinski definition) is 0. The first kappa shape index (κ1) is 11.1. The standard InChI is InChI=1S/C9H14O5/c1-9(13-5-6-14-9)4-3-7(10)8(11)12-2/h3-6H2,1-2H3. The molecule has 14 heavy (non-hydrogen) atoms. The lowest BCUT2D eigenvalue weighted by Gasteiger charge is -2.21. The number of ketones is 1. The Kier molecular flexibility index (Phi) is 3.60. The van der Waals surface area contributed by atoms with Crippen LogP contribution in [0.25, 0.3) is 0 Å². The maximum absolute atomic E-state index is 11.1. The van der Waals surface area contributed by atoms with Crippen molar-refractivity contribution in [2.45, 2.75) is 25.6 Å². The first-order chi connectivity index (χ1) is 6.57. The number of carbonyl (C=O) groups excluding carboxylic acids is 2. The molecule has 1 aliphatic rings. The van der Waals surface area contributed by atoms with E-state index in [-0.39, 0.29) is 6.42 Å². The Hall–Kier alpha value is -0.940. The van der Waals surface area contributed by atoms with Crippen LogP contribution in [0.3, 0.4) is 0 Å². The van der Waals surface area contributed by atoms with Crippen LogP contribution in [-0.4, -0.2) is 37.9 Å². The van der Waals surface area contributed by atoms with Gasteiger partial charge in [-0.1, -0.05) is 0 Å². The molecular weight excluding hydrogens is 188 g/mol. The number of carbonyl (C=O) groups is 2. The number of esters is 1. The van der Waals surface area contributed by atoms with Crippen molar-refractivity contribution in [3.05, 3.63) is 0 Å². The molecule has 0 atom stereocenters. The van der Waals surface area contributed by atoms with Crippen molar-refractivity contribution in [2.24, 2.45) is 0 Å². The molecule has 0 aliphatic carbocycles. The molecule has 0 aromatic rings. The van der Waals surface area contributed by atoms with Crippen molar-refractivity contribution in [1.29, 1.82) is 0 Å². The zero-order chi connectivity index (χ0) is 10.6. The zero-order valence-corrected chi connectivity index (χ0v) is 8.37. The quantitative estimate of drug-likeness (QED) is 0.483. The van der Waals surface area contributed by atoms with Crippen molar-refractivity contribution in [1.82, 2.24) is 0 Å². The molecule has 1 heterocycles. The lowest BCUT2D eigenvalue weighted by atomic mass is 10.1.